The van der Waals surface area contributed by atoms with Gasteiger partial charge in [0.15, 0.2) is 17.5 Å². The average molecular weight is 559 g/mol. The number of amides is 1. The van der Waals surface area contributed by atoms with Crippen molar-refractivity contribution in [1.82, 2.24) is 15.4 Å². The Balaban J connectivity index is 1.39. The smallest absolute Gasteiger partial charge is 0.249 e. The van der Waals surface area contributed by atoms with Crippen LogP contribution >= 0.6 is 0 Å². The quantitative estimate of drug-likeness (QED) is 0.190. The van der Waals surface area contributed by atoms with E-state index in [9.17, 15) is 23.2 Å². The van der Waals surface area contributed by atoms with E-state index in [0.29, 0.717) is 57.3 Å². The fourth-order valence-corrected chi connectivity index (χ4v) is 5.77. The third-order valence-corrected chi connectivity index (χ3v) is 8.11. The zero-order chi connectivity index (χ0) is 28.9. The number of nitrogens with zero attached hydrogens (tertiary/aromatic N) is 3. The number of anilines is 1. The molecular formula is C30H37F3N4O3. The van der Waals surface area contributed by atoms with Crippen molar-refractivity contribution < 1.29 is 27.9 Å². The molecule has 0 saturated carbocycles. The van der Waals surface area contributed by atoms with E-state index in [4.69, 9.17) is 4.74 Å². The Labute approximate surface area is 232 Å². The SMILES string of the molecule is COc1ccc2ncc(N(C)C)c(CCCC3(C(=O)NO)CCN(CCCc4cc(F)c(F)c(F)c4)CC3)c2c1. The van der Waals surface area contributed by atoms with Gasteiger partial charge in [-0.15, -0.1) is 0 Å². The van der Waals surface area contributed by atoms with Crippen molar-refractivity contribution in [3.05, 3.63) is 65.1 Å². The summed E-state index contributed by atoms with van der Waals surface area (Å²) in [4.78, 5) is 21.7. The zero-order valence-corrected chi connectivity index (χ0v) is 23.3. The number of fused-ring (bicyclic) bond motifs is 1. The molecule has 0 atom stereocenters. The lowest BCUT2D eigenvalue weighted by molar-refractivity contribution is -0.143. The first-order valence-corrected chi connectivity index (χ1v) is 13.6. The third-order valence-electron chi connectivity index (χ3n) is 8.11. The number of halogens is 3. The topological polar surface area (TPSA) is 77.9 Å². The van der Waals surface area contributed by atoms with Crippen molar-refractivity contribution >= 4 is 22.5 Å². The number of pyridine rings is 1. The van der Waals surface area contributed by atoms with Gasteiger partial charge in [-0.3, -0.25) is 15.0 Å². The fourth-order valence-electron chi connectivity index (χ4n) is 5.77. The van der Waals surface area contributed by atoms with Crippen molar-refractivity contribution in [3.63, 3.8) is 0 Å². The zero-order valence-electron chi connectivity index (χ0n) is 23.3. The van der Waals surface area contributed by atoms with E-state index in [1.807, 2.05) is 48.9 Å². The summed E-state index contributed by atoms with van der Waals surface area (Å²) < 4.78 is 45.7. The molecule has 1 amide bonds. The van der Waals surface area contributed by atoms with Crippen molar-refractivity contribution in [2.45, 2.75) is 44.9 Å². The molecule has 4 rings (SSSR count). The number of methoxy groups -OCH3 is 1. The van der Waals surface area contributed by atoms with E-state index in [1.165, 1.54) is 0 Å². The maximum absolute atomic E-state index is 13.5. The number of benzene rings is 2. The van der Waals surface area contributed by atoms with Crippen LogP contribution in [0.5, 0.6) is 5.75 Å². The molecule has 0 spiro atoms. The molecule has 1 aliphatic rings. The molecule has 3 aromatic rings. The van der Waals surface area contributed by atoms with Crippen molar-refractivity contribution in [2.24, 2.45) is 5.41 Å². The summed E-state index contributed by atoms with van der Waals surface area (Å²) in [5.41, 5.74) is 4.66. The number of hydroxylamine groups is 1. The van der Waals surface area contributed by atoms with Crippen LogP contribution in [-0.2, 0) is 17.6 Å². The Hall–Kier alpha value is -3.37. The Bertz CT molecular complexity index is 1320. The second kappa shape index (κ2) is 12.9. The molecule has 2 N–H and O–H groups in total. The Morgan fingerprint density at radius 2 is 1.80 bits per heavy atom. The van der Waals surface area contributed by atoms with Gasteiger partial charge in [0.1, 0.15) is 5.75 Å². The van der Waals surface area contributed by atoms with Gasteiger partial charge in [0.25, 0.3) is 0 Å². The van der Waals surface area contributed by atoms with Gasteiger partial charge in [-0.05, 0) is 106 Å². The lowest BCUT2D eigenvalue weighted by Crippen LogP contribution is -2.48. The van der Waals surface area contributed by atoms with Crippen LogP contribution in [-0.4, -0.2) is 61.8 Å². The van der Waals surface area contributed by atoms with Crippen molar-refractivity contribution in [3.8, 4) is 5.75 Å². The van der Waals surface area contributed by atoms with Crippen LogP contribution in [0.15, 0.2) is 36.5 Å². The number of aromatic nitrogens is 1. The number of piperidine rings is 1. The molecule has 216 valence electrons. The molecule has 0 bridgehead atoms. The number of carbonyl (C=O) groups is 1. The number of hydrogen-bond acceptors (Lipinski definition) is 6. The highest BCUT2D eigenvalue weighted by Gasteiger charge is 2.40. The maximum atomic E-state index is 13.5. The molecule has 7 nitrogen and oxygen atoms in total. The normalized spacial score (nSPS) is 15.3. The van der Waals surface area contributed by atoms with Crippen molar-refractivity contribution in [1.29, 1.82) is 0 Å². The molecule has 2 aromatic carbocycles. The molecule has 0 unspecified atom stereocenters. The van der Waals surface area contributed by atoms with Gasteiger partial charge in [-0.1, -0.05) is 0 Å². The summed E-state index contributed by atoms with van der Waals surface area (Å²) in [7, 11) is 5.59. The van der Waals surface area contributed by atoms with E-state index in [0.717, 1.165) is 52.9 Å². The molecule has 1 fully saturated rings. The fraction of sp³-hybridized carbons (Fsp3) is 0.467. The van der Waals surface area contributed by atoms with E-state index >= 15 is 0 Å². The summed E-state index contributed by atoms with van der Waals surface area (Å²) in [5, 5.41) is 10.6. The van der Waals surface area contributed by atoms with Crippen molar-refractivity contribution in [2.75, 3.05) is 45.7 Å². The monoisotopic (exact) mass is 558 g/mol. The van der Waals surface area contributed by atoms with E-state index < -0.39 is 22.9 Å². The van der Waals surface area contributed by atoms with Crippen LogP contribution < -0.4 is 15.1 Å². The summed E-state index contributed by atoms with van der Waals surface area (Å²) in [6.07, 6.45) is 6.20. The van der Waals surface area contributed by atoms with Gasteiger partial charge in [0.05, 0.1) is 29.9 Å². The Morgan fingerprint density at radius 3 is 2.42 bits per heavy atom. The number of hydrogen-bond donors (Lipinski definition) is 2. The molecule has 0 radical (unpaired) electrons. The number of carbonyl (C=O) groups excluding carboxylic acids is 1. The molecule has 10 heteroatoms. The molecule has 1 aliphatic heterocycles. The summed E-state index contributed by atoms with van der Waals surface area (Å²) in [6.45, 7) is 2.02. The van der Waals surface area contributed by atoms with Crippen LogP contribution in [0.25, 0.3) is 10.9 Å². The lowest BCUT2D eigenvalue weighted by atomic mass is 9.73. The first-order valence-electron chi connectivity index (χ1n) is 13.6. The first-order chi connectivity index (χ1) is 19.2. The lowest BCUT2D eigenvalue weighted by Gasteiger charge is -2.40. The number of rotatable bonds is 11. The second-order valence-electron chi connectivity index (χ2n) is 10.8. The molecule has 0 aliphatic carbocycles. The van der Waals surface area contributed by atoms with Crippen LogP contribution in [0.1, 0.15) is 43.2 Å². The van der Waals surface area contributed by atoms with Gasteiger partial charge >= 0.3 is 0 Å². The van der Waals surface area contributed by atoms with Crippen LogP contribution in [0.4, 0.5) is 18.9 Å². The highest BCUT2D eigenvalue weighted by Crippen LogP contribution is 2.38. The van der Waals surface area contributed by atoms with Crippen LogP contribution in [0, 0.1) is 22.9 Å². The van der Waals surface area contributed by atoms with Crippen LogP contribution in [0.3, 0.4) is 0 Å². The van der Waals surface area contributed by atoms with Gasteiger partial charge in [0.2, 0.25) is 5.91 Å². The molecule has 40 heavy (non-hydrogen) atoms. The number of ether oxygens (including phenoxy) is 1. The Morgan fingerprint density at radius 1 is 1.10 bits per heavy atom. The predicted octanol–water partition coefficient (Wildman–Crippen LogP) is 5.27. The minimum absolute atomic E-state index is 0.362. The third kappa shape index (κ3) is 6.50. The highest BCUT2D eigenvalue weighted by molar-refractivity contribution is 5.88. The standard InChI is InChI=1S/C30H37F3N4O3/c1-36(2)27-19-34-26-9-8-21(40-3)18-23(26)22(27)7-4-10-30(29(38)35-39)11-14-37(15-12-30)13-5-6-20-16-24(31)28(33)25(32)17-20/h8-9,16-19,39H,4-7,10-15H2,1-3H3,(H,35,38). The number of aryl methyl sites for hydroxylation is 2. The predicted molar refractivity (Wildman–Crippen MR) is 148 cm³/mol. The minimum Gasteiger partial charge on any atom is -0.497 e. The van der Waals surface area contributed by atoms with Gasteiger partial charge < -0.3 is 14.5 Å². The summed E-state index contributed by atoms with van der Waals surface area (Å²) in [6, 6.07) is 7.90. The maximum Gasteiger partial charge on any atom is 0.249 e. The average Bonchev–Trinajstić information content (AvgIpc) is 2.95. The van der Waals surface area contributed by atoms with E-state index in [-0.39, 0.29) is 5.91 Å². The number of nitrogens with one attached hydrogen (secondary N) is 1. The molecule has 1 saturated heterocycles. The van der Waals surface area contributed by atoms with E-state index in [2.05, 4.69) is 9.88 Å². The largest absolute Gasteiger partial charge is 0.497 e. The van der Waals surface area contributed by atoms with Gasteiger partial charge in [-0.2, -0.15) is 0 Å². The minimum atomic E-state index is -1.45. The van der Waals surface area contributed by atoms with Crippen LogP contribution in [0.2, 0.25) is 0 Å². The molecule has 1 aromatic heterocycles. The molecular weight excluding hydrogens is 521 g/mol. The summed E-state index contributed by atoms with van der Waals surface area (Å²) in [5.74, 6) is -3.41. The highest BCUT2D eigenvalue weighted by atomic mass is 19.2. The van der Waals surface area contributed by atoms with E-state index in [1.54, 1.807) is 7.11 Å². The summed E-state index contributed by atoms with van der Waals surface area (Å²) >= 11 is 0. The second-order valence-corrected chi connectivity index (χ2v) is 10.8. The first kappa shape index (κ1) is 29.6. The Kier molecular flexibility index (Phi) is 9.52. The van der Waals surface area contributed by atoms with Gasteiger partial charge in [0, 0.05) is 19.5 Å². The number of likely N-dealkylation sites (tertiary alicyclic amines) is 1. The molecule has 2 heterocycles. The van der Waals surface area contributed by atoms with Gasteiger partial charge in [-0.25, -0.2) is 18.7 Å².